The van der Waals surface area contributed by atoms with Gasteiger partial charge in [0.15, 0.2) is 0 Å². The van der Waals surface area contributed by atoms with E-state index in [2.05, 4.69) is 37.8 Å². The van der Waals surface area contributed by atoms with Crippen molar-refractivity contribution in [3.8, 4) is 11.4 Å². The Bertz CT molecular complexity index is 543. The van der Waals surface area contributed by atoms with E-state index in [0.717, 1.165) is 16.8 Å². The van der Waals surface area contributed by atoms with Gasteiger partial charge in [0.25, 0.3) is 0 Å². The minimum absolute atomic E-state index is 0.683. The molecule has 0 aliphatic heterocycles. The van der Waals surface area contributed by atoms with E-state index in [0.29, 0.717) is 5.92 Å². The third-order valence-corrected chi connectivity index (χ3v) is 3.92. The van der Waals surface area contributed by atoms with Gasteiger partial charge in [-0.1, -0.05) is 15.9 Å². The second kappa shape index (κ2) is 4.76. The molecule has 0 bridgehead atoms. The van der Waals surface area contributed by atoms with Crippen molar-refractivity contribution in [3.05, 3.63) is 41.7 Å². The molecule has 1 saturated carbocycles. The zero-order chi connectivity index (χ0) is 12.5. The lowest BCUT2D eigenvalue weighted by molar-refractivity contribution is 0.414. The zero-order valence-electron chi connectivity index (χ0n) is 10.3. The highest BCUT2D eigenvalue weighted by Gasteiger charge is 2.30. The molecular formula is C14H15BrN2O. The number of halogens is 1. The number of alkyl halides is 1. The molecule has 18 heavy (non-hydrogen) atoms. The van der Waals surface area contributed by atoms with Crippen molar-refractivity contribution >= 4 is 15.9 Å². The molecule has 94 valence electrons. The van der Waals surface area contributed by atoms with Crippen LogP contribution in [0.3, 0.4) is 0 Å². The van der Waals surface area contributed by atoms with Crippen LogP contribution in [0.1, 0.15) is 30.0 Å². The highest BCUT2D eigenvalue weighted by atomic mass is 79.9. The van der Waals surface area contributed by atoms with Crippen LogP contribution in [0.25, 0.3) is 5.69 Å². The molecule has 3 rings (SSSR count). The molecule has 0 unspecified atom stereocenters. The number of ether oxygens (including phenoxy) is 1. The molecule has 0 saturated heterocycles. The van der Waals surface area contributed by atoms with Crippen molar-refractivity contribution in [2.45, 2.75) is 24.1 Å². The first kappa shape index (κ1) is 11.8. The number of rotatable bonds is 4. The molecule has 4 heteroatoms. The van der Waals surface area contributed by atoms with Gasteiger partial charge in [0.05, 0.1) is 24.7 Å². The van der Waals surface area contributed by atoms with E-state index in [1.165, 1.54) is 24.1 Å². The fraction of sp³-hybridized carbons (Fsp3) is 0.357. The summed E-state index contributed by atoms with van der Waals surface area (Å²) < 4.78 is 7.25. The predicted molar refractivity (Wildman–Crippen MR) is 74.7 cm³/mol. The highest BCUT2D eigenvalue weighted by Crippen LogP contribution is 2.42. The van der Waals surface area contributed by atoms with Crippen LogP contribution < -0.4 is 4.74 Å². The van der Waals surface area contributed by atoms with E-state index in [-0.39, 0.29) is 0 Å². The van der Waals surface area contributed by atoms with Crippen LogP contribution in [0, 0.1) is 0 Å². The molecule has 1 aromatic heterocycles. The average molecular weight is 307 g/mol. The van der Waals surface area contributed by atoms with Gasteiger partial charge in [-0.3, -0.25) is 0 Å². The van der Waals surface area contributed by atoms with Gasteiger partial charge in [0.2, 0.25) is 0 Å². The zero-order valence-corrected chi connectivity index (χ0v) is 11.9. The third kappa shape index (κ3) is 2.05. The van der Waals surface area contributed by atoms with E-state index in [1.807, 2.05) is 18.3 Å². The third-order valence-electron chi connectivity index (χ3n) is 3.31. The summed E-state index contributed by atoms with van der Waals surface area (Å²) in [6, 6.07) is 8.05. The first-order valence-electron chi connectivity index (χ1n) is 6.10. The molecule has 0 amide bonds. The average Bonchev–Trinajstić information content (AvgIpc) is 3.18. The summed E-state index contributed by atoms with van der Waals surface area (Å²) in [7, 11) is 1.68. The summed E-state index contributed by atoms with van der Waals surface area (Å²) >= 11 is 3.54. The van der Waals surface area contributed by atoms with Crippen LogP contribution in [-0.4, -0.2) is 16.9 Å². The molecule has 1 aliphatic rings. The van der Waals surface area contributed by atoms with E-state index in [1.54, 1.807) is 7.11 Å². The van der Waals surface area contributed by atoms with Crippen LogP contribution in [0.5, 0.6) is 5.75 Å². The van der Waals surface area contributed by atoms with E-state index in [9.17, 15) is 0 Å². The number of hydrogen-bond acceptors (Lipinski definition) is 2. The second-order valence-electron chi connectivity index (χ2n) is 4.57. The number of aromatic nitrogens is 2. The Labute approximate surface area is 115 Å². The van der Waals surface area contributed by atoms with Crippen molar-refractivity contribution in [2.75, 3.05) is 7.11 Å². The number of methoxy groups -OCH3 is 1. The second-order valence-corrected chi connectivity index (χ2v) is 5.13. The first-order valence-corrected chi connectivity index (χ1v) is 7.23. The summed E-state index contributed by atoms with van der Waals surface area (Å²) in [6.45, 7) is 0. The van der Waals surface area contributed by atoms with Gasteiger partial charge in [0, 0.05) is 16.8 Å². The molecule has 1 aromatic carbocycles. The van der Waals surface area contributed by atoms with Crippen molar-refractivity contribution in [3.63, 3.8) is 0 Å². The van der Waals surface area contributed by atoms with Crippen molar-refractivity contribution in [1.29, 1.82) is 0 Å². The predicted octanol–water partition coefficient (Wildman–Crippen LogP) is 3.65. The standard InChI is InChI=1S/C14H15BrN2O/c1-18-13-6-4-12(5-7-13)17-14(10-2-3-10)11(8-15)9-16-17/h4-7,9-10H,2-3,8H2,1H3. The number of benzene rings is 1. The van der Waals surface area contributed by atoms with Crippen molar-refractivity contribution < 1.29 is 4.74 Å². The Morgan fingerprint density at radius 3 is 2.61 bits per heavy atom. The largest absolute Gasteiger partial charge is 0.497 e. The topological polar surface area (TPSA) is 27.1 Å². The highest BCUT2D eigenvalue weighted by molar-refractivity contribution is 9.08. The van der Waals surface area contributed by atoms with E-state index in [4.69, 9.17) is 4.74 Å². The van der Waals surface area contributed by atoms with Gasteiger partial charge in [-0.05, 0) is 37.1 Å². The Balaban J connectivity index is 2.02. The molecule has 1 fully saturated rings. The van der Waals surface area contributed by atoms with Gasteiger partial charge in [-0.15, -0.1) is 0 Å². The minimum atomic E-state index is 0.683. The molecule has 0 N–H and O–H groups in total. The lowest BCUT2D eigenvalue weighted by Gasteiger charge is -2.09. The smallest absolute Gasteiger partial charge is 0.119 e. The fourth-order valence-electron chi connectivity index (χ4n) is 2.22. The van der Waals surface area contributed by atoms with Crippen LogP contribution >= 0.6 is 15.9 Å². The Morgan fingerprint density at radius 1 is 1.33 bits per heavy atom. The summed E-state index contributed by atoms with van der Waals surface area (Å²) in [5.74, 6) is 1.56. The lowest BCUT2D eigenvalue weighted by atomic mass is 10.2. The van der Waals surface area contributed by atoms with Crippen LogP contribution in [0.4, 0.5) is 0 Å². The normalized spacial score (nSPS) is 14.8. The minimum Gasteiger partial charge on any atom is -0.497 e. The van der Waals surface area contributed by atoms with Gasteiger partial charge in [-0.2, -0.15) is 5.10 Å². The summed E-state index contributed by atoms with van der Waals surface area (Å²) in [5, 5.41) is 5.39. The Morgan fingerprint density at radius 2 is 2.06 bits per heavy atom. The first-order chi connectivity index (χ1) is 8.83. The molecule has 0 spiro atoms. The maximum atomic E-state index is 5.18. The Kier molecular flexibility index (Phi) is 3.12. The quantitative estimate of drug-likeness (QED) is 0.806. The summed E-state index contributed by atoms with van der Waals surface area (Å²) in [4.78, 5) is 0. The van der Waals surface area contributed by atoms with Crippen LogP contribution in [-0.2, 0) is 5.33 Å². The summed E-state index contributed by atoms with van der Waals surface area (Å²) in [6.07, 6.45) is 4.52. The molecule has 0 radical (unpaired) electrons. The Hall–Kier alpha value is -1.29. The van der Waals surface area contributed by atoms with Gasteiger partial charge in [-0.25, -0.2) is 4.68 Å². The summed E-state index contributed by atoms with van der Waals surface area (Å²) in [5.41, 5.74) is 3.76. The lowest BCUT2D eigenvalue weighted by Crippen LogP contribution is -2.02. The monoisotopic (exact) mass is 306 g/mol. The van der Waals surface area contributed by atoms with Crippen LogP contribution in [0.2, 0.25) is 0 Å². The fourth-order valence-corrected chi connectivity index (χ4v) is 2.65. The molecule has 1 heterocycles. The van der Waals surface area contributed by atoms with Gasteiger partial charge < -0.3 is 4.74 Å². The van der Waals surface area contributed by atoms with Gasteiger partial charge >= 0.3 is 0 Å². The maximum Gasteiger partial charge on any atom is 0.119 e. The molecule has 1 aliphatic carbocycles. The van der Waals surface area contributed by atoms with Crippen LogP contribution in [0.15, 0.2) is 30.5 Å². The number of nitrogens with zero attached hydrogens (tertiary/aromatic N) is 2. The maximum absolute atomic E-state index is 5.18. The SMILES string of the molecule is COc1ccc(-n2ncc(CBr)c2C2CC2)cc1. The van der Waals surface area contributed by atoms with Crippen molar-refractivity contribution in [1.82, 2.24) is 9.78 Å². The van der Waals surface area contributed by atoms with Crippen molar-refractivity contribution in [2.24, 2.45) is 0 Å². The molecule has 3 nitrogen and oxygen atoms in total. The van der Waals surface area contributed by atoms with E-state index < -0.39 is 0 Å². The van der Waals surface area contributed by atoms with E-state index >= 15 is 0 Å². The molecular weight excluding hydrogens is 292 g/mol. The molecule has 0 atom stereocenters. The number of hydrogen-bond donors (Lipinski definition) is 0. The molecule has 2 aromatic rings. The van der Waals surface area contributed by atoms with Gasteiger partial charge in [0.1, 0.15) is 5.75 Å².